The summed E-state index contributed by atoms with van der Waals surface area (Å²) in [4.78, 5) is 23.4. The molecule has 0 fully saturated rings. The van der Waals surface area contributed by atoms with Gasteiger partial charge in [0, 0.05) is 30.9 Å². The molecule has 0 saturated heterocycles. The van der Waals surface area contributed by atoms with Crippen molar-refractivity contribution in [1.82, 2.24) is 15.0 Å². The van der Waals surface area contributed by atoms with Crippen LogP contribution >= 0.6 is 0 Å². The maximum atomic E-state index is 14.8. The fourth-order valence-corrected chi connectivity index (χ4v) is 4.40. The molecule has 2 atom stereocenters. The number of rotatable bonds is 9. The van der Waals surface area contributed by atoms with Crippen molar-refractivity contribution >= 4 is 11.8 Å². The van der Waals surface area contributed by atoms with E-state index in [9.17, 15) is 13.6 Å². The van der Waals surface area contributed by atoms with Crippen molar-refractivity contribution in [1.29, 1.82) is 0 Å². The Kier molecular flexibility index (Phi) is 7.63. The van der Waals surface area contributed by atoms with Crippen molar-refractivity contribution in [3.8, 4) is 0 Å². The maximum Gasteiger partial charge on any atom is 0.253 e. The van der Waals surface area contributed by atoms with Crippen LogP contribution < -0.4 is 5.73 Å². The molecule has 37 heavy (non-hydrogen) atoms. The number of nitrogens with zero attached hydrogens (tertiary/aromatic N) is 4. The Morgan fingerprint density at radius 1 is 1.11 bits per heavy atom. The van der Waals surface area contributed by atoms with E-state index in [0.717, 1.165) is 23.9 Å². The zero-order valence-electron chi connectivity index (χ0n) is 21.2. The van der Waals surface area contributed by atoms with Gasteiger partial charge in [-0.15, -0.1) is 5.10 Å². The van der Waals surface area contributed by atoms with Crippen LogP contribution in [0.3, 0.4) is 0 Å². The second kappa shape index (κ2) is 10.7. The van der Waals surface area contributed by atoms with E-state index in [1.54, 1.807) is 30.6 Å². The van der Waals surface area contributed by atoms with Crippen molar-refractivity contribution in [3.05, 3.63) is 95.6 Å². The molecule has 1 amide bonds. The Balaban J connectivity index is 1.88. The van der Waals surface area contributed by atoms with Gasteiger partial charge in [-0.25, -0.2) is 8.78 Å². The second-order valence-electron chi connectivity index (χ2n) is 9.71. The predicted molar refractivity (Wildman–Crippen MR) is 136 cm³/mol. The minimum Gasteiger partial charge on any atom is -0.441 e. The SMILES string of the molecule is CC(C)C(C)(Cc1ccccn1)C(=O)N1N=C(c2cc(F)ccc2F)OC1(CCCN)c1ccccn1. The number of aromatic nitrogens is 2. The highest BCUT2D eigenvalue weighted by Crippen LogP contribution is 2.44. The van der Waals surface area contributed by atoms with Gasteiger partial charge >= 0.3 is 0 Å². The lowest BCUT2D eigenvalue weighted by atomic mass is 9.74. The Morgan fingerprint density at radius 2 is 1.84 bits per heavy atom. The van der Waals surface area contributed by atoms with Crippen LogP contribution in [0.4, 0.5) is 8.78 Å². The standard InChI is InChI=1S/C28H31F2N5O2/c1-19(2)27(3,18-21-9-4-6-15-32-21)26(36)35-28(13-8-14-31,24-10-5-7-16-33-24)37-25(34-35)22-17-20(29)11-12-23(22)30/h4-7,9-12,15-17,19H,8,13-14,18,31H2,1-3H3. The van der Waals surface area contributed by atoms with Crippen molar-refractivity contribution in [2.24, 2.45) is 22.2 Å². The highest BCUT2D eigenvalue weighted by molar-refractivity contribution is 5.97. The molecule has 2 N–H and O–H groups in total. The number of pyridine rings is 2. The average molecular weight is 508 g/mol. The van der Waals surface area contributed by atoms with Gasteiger partial charge in [-0.05, 0) is 61.3 Å². The summed E-state index contributed by atoms with van der Waals surface area (Å²) in [6.07, 6.45) is 4.32. The van der Waals surface area contributed by atoms with Gasteiger partial charge in [-0.3, -0.25) is 14.8 Å². The number of nitrogens with two attached hydrogens (primary N) is 1. The van der Waals surface area contributed by atoms with E-state index in [1.807, 2.05) is 39.0 Å². The molecule has 2 unspecified atom stereocenters. The molecule has 0 aliphatic carbocycles. The summed E-state index contributed by atoms with van der Waals surface area (Å²) in [5.41, 5.74) is 4.38. The third-order valence-corrected chi connectivity index (χ3v) is 6.97. The van der Waals surface area contributed by atoms with E-state index in [0.29, 0.717) is 25.1 Å². The van der Waals surface area contributed by atoms with Crippen LogP contribution in [0.2, 0.25) is 0 Å². The first-order chi connectivity index (χ1) is 17.7. The first kappa shape index (κ1) is 26.3. The molecule has 194 valence electrons. The smallest absolute Gasteiger partial charge is 0.253 e. The quantitative estimate of drug-likeness (QED) is 0.450. The number of hydrogen-bond donors (Lipinski definition) is 1. The maximum absolute atomic E-state index is 14.8. The summed E-state index contributed by atoms with van der Waals surface area (Å²) in [5.74, 6) is -2.04. The Morgan fingerprint density at radius 3 is 2.46 bits per heavy atom. The number of halogens is 2. The summed E-state index contributed by atoms with van der Waals surface area (Å²) in [6.45, 7) is 6.09. The Bertz CT molecular complexity index is 1270. The van der Waals surface area contributed by atoms with Gasteiger partial charge in [0.15, 0.2) is 0 Å². The lowest BCUT2D eigenvalue weighted by Crippen LogP contribution is -2.53. The molecule has 1 aliphatic rings. The van der Waals surface area contributed by atoms with Crippen LogP contribution in [-0.2, 0) is 21.7 Å². The Labute approximate surface area is 215 Å². The summed E-state index contributed by atoms with van der Waals surface area (Å²) < 4.78 is 35.3. The average Bonchev–Trinajstić information content (AvgIpc) is 3.29. The van der Waals surface area contributed by atoms with Crippen LogP contribution in [0.25, 0.3) is 0 Å². The summed E-state index contributed by atoms with van der Waals surface area (Å²) >= 11 is 0. The van der Waals surface area contributed by atoms with Crippen molar-refractivity contribution in [2.45, 2.75) is 45.8 Å². The molecular weight excluding hydrogens is 476 g/mol. The van der Waals surface area contributed by atoms with E-state index in [4.69, 9.17) is 10.5 Å². The molecule has 9 heteroatoms. The van der Waals surface area contributed by atoms with E-state index in [-0.39, 0.29) is 29.7 Å². The van der Waals surface area contributed by atoms with Gasteiger partial charge in [0.05, 0.1) is 11.0 Å². The van der Waals surface area contributed by atoms with Gasteiger partial charge in [-0.1, -0.05) is 32.9 Å². The number of carbonyl (C=O) groups excluding carboxylic acids is 1. The minimum atomic E-state index is -1.49. The molecule has 0 radical (unpaired) electrons. The zero-order valence-corrected chi connectivity index (χ0v) is 21.2. The minimum absolute atomic E-state index is 0.122. The first-order valence-corrected chi connectivity index (χ1v) is 12.3. The van der Waals surface area contributed by atoms with Crippen molar-refractivity contribution < 1.29 is 18.3 Å². The molecule has 4 rings (SSSR count). The number of hydrazone groups is 1. The molecular formula is C28H31F2N5O2. The highest BCUT2D eigenvalue weighted by Gasteiger charge is 2.55. The van der Waals surface area contributed by atoms with Gasteiger partial charge in [-0.2, -0.15) is 5.01 Å². The van der Waals surface area contributed by atoms with Crippen molar-refractivity contribution in [3.63, 3.8) is 0 Å². The molecule has 0 bridgehead atoms. The fraction of sp³-hybridized carbons (Fsp3) is 0.357. The molecule has 0 spiro atoms. The third kappa shape index (κ3) is 5.09. The summed E-state index contributed by atoms with van der Waals surface area (Å²) in [6, 6.07) is 13.8. The largest absolute Gasteiger partial charge is 0.441 e. The lowest BCUT2D eigenvalue weighted by molar-refractivity contribution is -0.166. The van der Waals surface area contributed by atoms with Gasteiger partial charge < -0.3 is 10.5 Å². The molecule has 7 nitrogen and oxygen atoms in total. The van der Waals surface area contributed by atoms with E-state index >= 15 is 0 Å². The van der Waals surface area contributed by atoms with Crippen LogP contribution in [0.5, 0.6) is 0 Å². The van der Waals surface area contributed by atoms with Crippen LogP contribution in [0.15, 0.2) is 72.1 Å². The van der Waals surface area contributed by atoms with Gasteiger partial charge in [0.25, 0.3) is 5.91 Å². The second-order valence-corrected chi connectivity index (χ2v) is 9.71. The molecule has 0 saturated carbocycles. The number of benzene rings is 1. The summed E-state index contributed by atoms with van der Waals surface area (Å²) in [5, 5.41) is 5.76. The number of carbonyl (C=O) groups is 1. The predicted octanol–water partition coefficient (Wildman–Crippen LogP) is 4.77. The van der Waals surface area contributed by atoms with E-state index < -0.39 is 22.8 Å². The van der Waals surface area contributed by atoms with Crippen LogP contribution in [0.1, 0.15) is 50.6 Å². The number of amides is 1. The van der Waals surface area contributed by atoms with E-state index in [1.165, 1.54) is 5.01 Å². The zero-order chi connectivity index (χ0) is 26.6. The fourth-order valence-electron chi connectivity index (χ4n) is 4.40. The number of ether oxygens (including phenoxy) is 1. The third-order valence-electron chi connectivity index (χ3n) is 6.97. The topological polar surface area (TPSA) is 93.7 Å². The van der Waals surface area contributed by atoms with Crippen molar-refractivity contribution in [2.75, 3.05) is 6.54 Å². The molecule has 2 aromatic heterocycles. The lowest BCUT2D eigenvalue weighted by Gasteiger charge is -2.40. The normalized spacial score (nSPS) is 18.9. The monoisotopic (exact) mass is 507 g/mol. The molecule has 3 aromatic rings. The van der Waals surface area contributed by atoms with Crippen LogP contribution in [-0.4, -0.2) is 33.3 Å². The Hall–Kier alpha value is -3.72. The first-order valence-electron chi connectivity index (χ1n) is 12.3. The summed E-state index contributed by atoms with van der Waals surface area (Å²) in [7, 11) is 0. The van der Waals surface area contributed by atoms with E-state index in [2.05, 4.69) is 15.1 Å². The molecule has 1 aliphatic heterocycles. The molecule has 1 aromatic carbocycles. The highest BCUT2D eigenvalue weighted by atomic mass is 19.1. The van der Waals surface area contributed by atoms with Crippen LogP contribution in [0, 0.1) is 23.0 Å². The number of hydrogen-bond acceptors (Lipinski definition) is 6. The van der Waals surface area contributed by atoms with Gasteiger partial charge in [0.1, 0.15) is 17.3 Å². The molecule has 3 heterocycles. The van der Waals surface area contributed by atoms with Gasteiger partial charge in [0.2, 0.25) is 11.6 Å².